The van der Waals surface area contributed by atoms with Crippen LogP contribution in [0.5, 0.6) is 0 Å². The van der Waals surface area contributed by atoms with E-state index in [1.165, 1.54) is 6.08 Å². The van der Waals surface area contributed by atoms with Gasteiger partial charge in [0.1, 0.15) is 6.04 Å². The number of tetrazole rings is 1. The number of carbonyl (C=O) groups is 2. The molecule has 23 heavy (non-hydrogen) atoms. The fourth-order valence-corrected chi connectivity index (χ4v) is 2.02. The topological polar surface area (TPSA) is 93.0 Å². The molecule has 0 saturated heterocycles. The fraction of sp³-hybridized carbons (Fsp3) is 0.667. The normalized spacial score (nSPS) is 14.0. The smallest absolute Gasteiger partial charge is 0.247 e. The molecule has 1 N–H and O–H groups in total. The van der Waals surface area contributed by atoms with Crippen molar-refractivity contribution in [2.75, 3.05) is 13.6 Å². The number of nitrogens with zero attached hydrogens (tertiary/aromatic N) is 5. The molecule has 1 aromatic rings. The van der Waals surface area contributed by atoms with Crippen LogP contribution in [-0.2, 0) is 15.0 Å². The lowest BCUT2D eigenvalue weighted by Gasteiger charge is -2.29. The Kier molecular flexibility index (Phi) is 6.00. The summed E-state index contributed by atoms with van der Waals surface area (Å²) < 4.78 is 1.55. The molecule has 0 radical (unpaired) electrons. The van der Waals surface area contributed by atoms with Crippen LogP contribution < -0.4 is 5.32 Å². The maximum atomic E-state index is 12.7. The Morgan fingerprint density at radius 3 is 2.52 bits per heavy atom. The van der Waals surface area contributed by atoms with E-state index < -0.39 is 6.04 Å². The number of aromatic nitrogens is 4. The van der Waals surface area contributed by atoms with Gasteiger partial charge >= 0.3 is 0 Å². The van der Waals surface area contributed by atoms with Gasteiger partial charge in [-0.2, -0.15) is 0 Å². The summed E-state index contributed by atoms with van der Waals surface area (Å²) in [5.74, 6) is 0.267. The van der Waals surface area contributed by atoms with E-state index in [9.17, 15) is 9.59 Å². The monoisotopic (exact) mass is 322 g/mol. The number of hydrogen-bond acceptors (Lipinski definition) is 5. The van der Waals surface area contributed by atoms with Crippen LogP contribution in [0.3, 0.4) is 0 Å². The van der Waals surface area contributed by atoms with Crippen molar-refractivity contribution in [3.05, 3.63) is 18.5 Å². The maximum absolute atomic E-state index is 12.7. The highest BCUT2D eigenvalue weighted by atomic mass is 16.2. The van der Waals surface area contributed by atoms with Crippen LogP contribution in [0.4, 0.5) is 0 Å². The molecule has 0 aliphatic rings. The largest absolute Gasteiger partial charge is 0.351 e. The van der Waals surface area contributed by atoms with E-state index in [0.717, 1.165) is 0 Å². The van der Waals surface area contributed by atoms with Crippen LogP contribution in [0.2, 0.25) is 0 Å². The van der Waals surface area contributed by atoms with Gasteiger partial charge < -0.3 is 10.2 Å². The minimum atomic E-state index is -0.526. The number of amides is 2. The molecule has 0 bridgehead atoms. The van der Waals surface area contributed by atoms with Crippen molar-refractivity contribution in [3.63, 3.8) is 0 Å². The molecule has 1 aromatic heterocycles. The van der Waals surface area contributed by atoms with Crippen LogP contribution in [0.25, 0.3) is 0 Å². The SMILES string of the molecule is C=CC(=O)NCC(C)N(C)C(=O)C(C)n1nnnc1C(C)(C)C. The Hall–Kier alpha value is -2.25. The van der Waals surface area contributed by atoms with E-state index in [1.807, 2.05) is 27.7 Å². The number of carbonyl (C=O) groups excluding carboxylic acids is 2. The first-order valence-electron chi connectivity index (χ1n) is 7.54. The first-order valence-corrected chi connectivity index (χ1v) is 7.54. The molecule has 2 amide bonds. The quantitative estimate of drug-likeness (QED) is 0.778. The second-order valence-electron chi connectivity index (χ2n) is 6.62. The van der Waals surface area contributed by atoms with Crippen molar-refractivity contribution < 1.29 is 9.59 Å². The van der Waals surface area contributed by atoms with E-state index in [0.29, 0.717) is 12.4 Å². The standard InChI is InChI=1S/C15H26N6O2/c1-8-12(22)16-9-10(2)20(7)13(23)11(3)21-14(15(4,5)6)17-18-19-21/h8,10-11H,1,9H2,2-7H3,(H,16,22). The fourth-order valence-electron chi connectivity index (χ4n) is 2.02. The molecule has 1 rings (SSSR count). The first kappa shape index (κ1) is 18.8. The van der Waals surface area contributed by atoms with Gasteiger partial charge in [0.05, 0.1) is 0 Å². The third kappa shape index (κ3) is 4.61. The Balaban J connectivity index is 2.82. The molecule has 1 heterocycles. The van der Waals surface area contributed by atoms with Crippen LogP contribution in [0, 0.1) is 0 Å². The average molecular weight is 322 g/mol. The lowest BCUT2D eigenvalue weighted by molar-refractivity contribution is -0.135. The molecule has 0 spiro atoms. The van der Waals surface area contributed by atoms with Gasteiger partial charge in [0.25, 0.3) is 0 Å². The van der Waals surface area contributed by atoms with Crippen molar-refractivity contribution in [1.82, 2.24) is 30.4 Å². The summed E-state index contributed by atoms with van der Waals surface area (Å²) in [6.45, 7) is 13.3. The van der Waals surface area contributed by atoms with Crippen molar-refractivity contribution in [1.29, 1.82) is 0 Å². The third-order valence-electron chi connectivity index (χ3n) is 3.65. The van der Waals surface area contributed by atoms with Gasteiger partial charge in [-0.1, -0.05) is 27.4 Å². The molecule has 128 valence electrons. The molecule has 8 heteroatoms. The van der Waals surface area contributed by atoms with Crippen molar-refractivity contribution in [3.8, 4) is 0 Å². The molecule has 0 fully saturated rings. The summed E-state index contributed by atoms with van der Waals surface area (Å²) in [5, 5.41) is 14.4. The second-order valence-corrected chi connectivity index (χ2v) is 6.62. The highest BCUT2D eigenvalue weighted by Crippen LogP contribution is 2.22. The summed E-state index contributed by atoms with van der Waals surface area (Å²) >= 11 is 0. The van der Waals surface area contributed by atoms with Gasteiger partial charge in [-0.15, -0.1) is 5.10 Å². The number of rotatable bonds is 6. The van der Waals surface area contributed by atoms with Gasteiger partial charge in [0.2, 0.25) is 11.8 Å². The molecular weight excluding hydrogens is 296 g/mol. The lowest BCUT2D eigenvalue weighted by Crippen LogP contribution is -2.45. The Morgan fingerprint density at radius 2 is 2.00 bits per heavy atom. The van der Waals surface area contributed by atoms with Crippen LogP contribution in [-0.4, -0.2) is 56.6 Å². The summed E-state index contributed by atoms with van der Waals surface area (Å²) in [6, 6.07) is -0.690. The summed E-state index contributed by atoms with van der Waals surface area (Å²) in [7, 11) is 1.70. The Labute approximate surface area is 136 Å². The van der Waals surface area contributed by atoms with Crippen molar-refractivity contribution >= 4 is 11.8 Å². The van der Waals surface area contributed by atoms with E-state index in [-0.39, 0.29) is 23.3 Å². The number of hydrogen-bond donors (Lipinski definition) is 1. The molecular formula is C15H26N6O2. The number of likely N-dealkylation sites (N-methyl/N-ethyl adjacent to an activating group) is 1. The molecule has 0 aliphatic heterocycles. The van der Waals surface area contributed by atoms with Gasteiger partial charge in [0.15, 0.2) is 5.82 Å². The zero-order valence-corrected chi connectivity index (χ0v) is 14.7. The second kappa shape index (κ2) is 7.34. The Morgan fingerprint density at radius 1 is 1.39 bits per heavy atom. The predicted molar refractivity (Wildman–Crippen MR) is 86.7 cm³/mol. The van der Waals surface area contributed by atoms with Crippen LogP contribution >= 0.6 is 0 Å². The summed E-state index contributed by atoms with van der Waals surface area (Å²) in [4.78, 5) is 25.5. The highest BCUT2D eigenvalue weighted by molar-refractivity contribution is 5.87. The minimum absolute atomic E-state index is 0.122. The zero-order valence-electron chi connectivity index (χ0n) is 14.7. The number of nitrogens with one attached hydrogen (secondary N) is 1. The van der Waals surface area contributed by atoms with E-state index in [2.05, 4.69) is 27.4 Å². The lowest BCUT2D eigenvalue weighted by atomic mass is 9.95. The third-order valence-corrected chi connectivity index (χ3v) is 3.65. The summed E-state index contributed by atoms with van der Waals surface area (Å²) in [6.07, 6.45) is 1.20. The van der Waals surface area contributed by atoms with Crippen LogP contribution in [0.1, 0.15) is 46.5 Å². The van der Waals surface area contributed by atoms with Gasteiger partial charge in [0, 0.05) is 25.0 Å². The van der Waals surface area contributed by atoms with E-state index >= 15 is 0 Å². The van der Waals surface area contributed by atoms with Gasteiger partial charge in [-0.25, -0.2) is 4.68 Å². The van der Waals surface area contributed by atoms with Gasteiger partial charge in [-0.05, 0) is 30.4 Å². The zero-order chi connectivity index (χ0) is 17.8. The predicted octanol–water partition coefficient (Wildman–Crippen LogP) is 0.681. The molecule has 0 aromatic carbocycles. The van der Waals surface area contributed by atoms with E-state index in [4.69, 9.17) is 0 Å². The highest BCUT2D eigenvalue weighted by Gasteiger charge is 2.30. The van der Waals surface area contributed by atoms with Crippen LogP contribution in [0.15, 0.2) is 12.7 Å². The summed E-state index contributed by atoms with van der Waals surface area (Å²) in [5.41, 5.74) is -0.264. The molecule has 2 atom stereocenters. The average Bonchev–Trinajstić information content (AvgIpc) is 2.99. The van der Waals surface area contributed by atoms with Crippen molar-refractivity contribution in [2.45, 2.75) is 52.1 Å². The maximum Gasteiger partial charge on any atom is 0.247 e. The molecule has 0 aliphatic carbocycles. The molecule has 0 saturated carbocycles. The minimum Gasteiger partial charge on any atom is -0.351 e. The first-order chi connectivity index (χ1) is 10.6. The molecule has 2 unspecified atom stereocenters. The van der Waals surface area contributed by atoms with Crippen molar-refractivity contribution in [2.24, 2.45) is 0 Å². The van der Waals surface area contributed by atoms with E-state index in [1.54, 1.807) is 23.6 Å². The Bertz CT molecular complexity index is 575. The van der Waals surface area contributed by atoms with Gasteiger partial charge in [-0.3, -0.25) is 9.59 Å². The molecule has 8 nitrogen and oxygen atoms in total.